The van der Waals surface area contributed by atoms with Crippen LogP contribution < -0.4 is 5.32 Å². The summed E-state index contributed by atoms with van der Waals surface area (Å²) in [7, 11) is 4.12. The van der Waals surface area contributed by atoms with E-state index in [4.69, 9.17) is 4.42 Å². The standard InChI is InChI=1S/C16H22N2O/c1-13-15(8-9-19-13)11-18(3)12-16-7-5-4-6-14(16)10-17-2/h4-9,17H,10-12H2,1-3H3. The highest BCUT2D eigenvalue weighted by Gasteiger charge is 2.08. The minimum atomic E-state index is 0.911. The minimum absolute atomic E-state index is 0.911. The van der Waals surface area contributed by atoms with Crippen molar-refractivity contribution in [2.24, 2.45) is 0 Å². The van der Waals surface area contributed by atoms with Gasteiger partial charge in [0.25, 0.3) is 0 Å². The topological polar surface area (TPSA) is 28.4 Å². The van der Waals surface area contributed by atoms with Gasteiger partial charge in [-0.1, -0.05) is 24.3 Å². The Morgan fingerprint density at radius 1 is 1.05 bits per heavy atom. The second-order valence-electron chi connectivity index (χ2n) is 4.97. The van der Waals surface area contributed by atoms with Crippen LogP contribution >= 0.6 is 0 Å². The van der Waals surface area contributed by atoms with Gasteiger partial charge in [-0.25, -0.2) is 0 Å². The first-order chi connectivity index (χ1) is 9.20. The highest BCUT2D eigenvalue weighted by atomic mass is 16.3. The normalized spacial score (nSPS) is 11.2. The van der Waals surface area contributed by atoms with E-state index in [0.717, 1.165) is 25.4 Å². The SMILES string of the molecule is CNCc1ccccc1CN(C)Cc1ccoc1C. The lowest BCUT2D eigenvalue weighted by molar-refractivity contribution is 0.315. The fourth-order valence-corrected chi connectivity index (χ4v) is 2.29. The summed E-state index contributed by atoms with van der Waals surface area (Å²) in [5, 5.41) is 3.22. The maximum absolute atomic E-state index is 5.34. The van der Waals surface area contributed by atoms with Crippen molar-refractivity contribution in [2.75, 3.05) is 14.1 Å². The van der Waals surface area contributed by atoms with Crippen molar-refractivity contribution >= 4 is 0 Å². The van der Waals surface area contributed by atoms with E-state index in [2.05, 4.69) is 41.5 Å². The summed E-state index contributed by atoms with van der Waals surface area (Å²) in [6.07, 6.45) is 1.76. The molecule has 0 spiro atoms. The monoisotopic (exact) mass is 258 g/mol. The van der Waals surface area contributed by atoms with Crippen LogP contribution in [0.5, 0.6) is 0 Å². The zero-order valence-electron chi connectivity index (χ0n) is 11.9. The minimum Gasteiger partial charge on any atom is -0.469 e. The molecule has 3 nitrogen and oxygen atoms in total. The average molecular weight is 258 g/mol. The molecular formula is C16H22N2O. The van der Waals surface area contributed by atoms with Gasteiger partial charge in [-0.05, 0) is 38.2 Å². The number of furan rings is 1. The molecule has 0 amide bonds. The Labute approximate surface area is 115 Å². The molecule has 0 saturated heterocycles. The fourth-order valence-electron chi connectivity index (χ4n) is 2.29. The maximum Gasteiger partial charge on any atom is 0.105 e. The Kier molecular flexibility index (Phi) is 4.77. The van der Waals surface area contributed by atoms with Gasteiger partial charge in [0, 0.05) is 25.2 Å². The van der Waals surface area contributed by atoms with Crippen LogP contribution in [0, 0.1) is 6.92 Å². The first kappa shape index (κ1) is 13.8. The molecule has 0 unspecified atom stereocenters. The highest BCUT2D eigenvalue weighted by Crippen LogP contribution is 2.15. The number of nitrogens with zero attached hydrogens (tertiary/aromatic N) is 1. The van der Waals surface area contributed by atoms with E-state index < -0.39 is 0 Å². The Balaban J connectivity index is 2.02. The molecule has 0 aliphatic rings. The van der Waals surface area contributed by atoms with E-state index in [1.807, 2.05) is 20.0 Å². The molecule has 0 atom stereocenters. The molecule has 3 heteroatoms. The van der Waals surface area contributed by atoms with Crippen LogP contribution in [-0.4, -0.2) is 19.0 Å². The van der Waals surface area contributed by atoms with Crippen molar-refractivity contribution in [3.8, 4) is 0 Å². The van der Waals surface area contributed by atoms with Crippen molar-refractivity contribution in [3.05, 3.63) is 59.0 Å². The summed E-state index contributed by atoms with van der Waals surface area (Å²) < 4.78 is 5.34. The third-order valence-electron chi connectivity index (χ3n) is 3.33. The van der Waals surface area contributed by atoms with E-state index >= 15 is 0 Å². The number of nitrogens with one attached hydrogen (secondary N) is 1. The second kappa shape index (κ2) is 6.55. The second-order valence-corrected chi connectivity index (χ2v) is 4.97. The van der Waals surface area contributed by atoms with E-state index in [9.17, 15) is 0 Å². The summed E-state index contributed by atoms with van der Waals surface area (Å²) >= 11 is 0. The number of hydrogen-bond acceptors (Lipinski definition) is 3. The van der Waals surface area contributed by atoms with Crippen LogP contribution in [0.3, 0.4) is 0 Å². The molecular weight excluding hydrogens is 236 g/mol. The number of hydrogen-bond donors (Lipinski definition) is 1. The molecule has 1 N–H and O–H groups in total. The average Bonchev–Trinajstić information content (AvgIpc) is 2.78. The molecule has 1 aromatic heterocycles. The summed E-state index contributed by atoms with van der Waals surface area (Å²) in [5.74, 6) is 1.01. The van der Waals surface area contributed by atoms with Gasteiger partial charge in [0.2, 0.25) is 0 Å². The Morgan fingerprint density at radius 3 is 2.37 bits per heavy atom. The van der Waals surface area contributed by atoms with Crippen molar-refractivity contribution < 1.29 is 4.42 Å². The van der Waals surface area contributed by atoms with E-state index in [1.165, 1.54) is 16.7 Å². The van der Waals surface area contributed by atoms with Crippen LogP contribution in [0.25, 0.3) is 0 Å². The van der Waals surface area contributed by atoms with E-state index in [-0.39, 0.29) is 0 Å². The Bertz CT molecular complexity index is 519. The van der Waals surface area contributed by atoms with Gasteiger partial charge >= 0.3 is 0 Å². The van der Waals surface area contributed by atoms with Gasteiger partial charge in [-0.2, -0.15) is 0 Å². The van der Waals surface area contributed by atoms with Gasteiger partial charge in [-0.3, -0.25) is 4.90 Å². The van der Waals surface area contributed by atoms with Crippen LogP contribution in [0.4, 0.5) is 0 Å². The molecule has 2 rings (SSSR count). The predicted molar refractivity (Wildman–Crippen MR) is 77.8 cm³/mol. The van der Waals surface area contributed by atoms with Gasteiger partial charge in [0.05, 0.1) is 6.26 Å². The first-order valence-electron chi connectivity index (χ1n) is 6.63. The predicted octanol–water partition coefficient (Wildman–Crippen LogP) is 2.94. The molecule has 0 radical (unpaired) electrons. The molecule has 1 heterocycles. The molecule has 0 aliphatic carbocycles. The quantitative estimate of drug-likeness (QED) is 0.863. The summed E-state index contributed by atoms with van der Waals surface area (Å²) in [6.45, 7) is 4.78. The van der Waals surface area contributed by atoms with Crippen molar-refractivity contribution in [2.45, 2.75) is 26.6 Å². The zero-order valence-corrected chi connectivity index (χ0v) is 11.9. The lowest BCUT2D eigenvalue weighted by atomic mass is 10.1. The van der Waals surface area contributed by atoms with Gasteiger partial charge in [0.15, 0.2) is 0 Å². The Hall–Kier alpha value is -1.58. The van der Waals surface area contributed by atoms with Crippen molar-refractivity contribution in [1.82, 2.24) is 10.2 Å². The molecule has 0 bridgehead atoms. The molecule has 0 saturated carbocycles. The van der Waals surface area contributed by atoms with E-state index in [1.54, 1.807) is 6.26 Å². The Morgan fingerprint density at radius 2 is 1.74 bits per heavy atom. The van der Waals surface area contributed by atoms with Crippen molar-refractivity contribution in [3.63, 3.8) is 0 Å². The lowest BCUT2D eigenvalue weighted by Gasteiger charge is -2.18. The third-order valence-corrected chi connectivity index (χ3v) is 3.33. The largest absolute Gasteiger partial charge is 0.469 e. The van der Waals surface area contributed by atoms with Crippen LogP contribution in [-0.2, 0) is 19.6 Å². The van der Waals surface area contributed by atoms with Crippen LogP contribution in [0.15, 0.2) is 41.0 Å². The summed E-state index contributed by atoms with van der Waals surface area (Å²) in [5.41, 5.74) is 4.00. The third kappa shape index (κ3) is 3.69. The fraction of sp³-hybridized carbons (Fsp3) is 0.375. The van der Waals surface area contributed by atoms with Gasteiger partial charge in [-0.15, -0.1) is 0 Å². The molecule has 2 aromatic rings. The molecule has 0 aliphatic heterocycles. The first-order valence-corrected chi connectivity index (χ1v) is 6.63. The maximum atomic E-state index is 5.34. The smallest absolute Gasteiger partial charge is 0.105 e. The number of aryl methyl sites for hydroxylation is 1. The van der Waals surface area contributed by atoms with Crippen molar-refractivity contribution in [1.29, 1.82) is 0 Å². The van der Waals surface area contributed by atoms with E-state index in [0.29, 0.717) is 0 Å². The molecule has 1 aromatic carbocycles. The number of benzene rings is 1. The molecule has 102 valence electrons. The zero-order chi connectivity index (χ0) is 13.7. The lowest BCUT2D eigenvalue weighted by Crippen LogP contribution is -2.19. The van der Waals surface area contributed by atoms with Crippen LogP contribution in [0.1, 0.15) is 22.5 Å². The molecule has 19 heavy (non-hydrogen) atoms. The summed E-state index contributed by atoms with van der Waals surface area (Å²) in [6, 6.07) is 10.6. The summed E-state index contributed by atoms with van der Waals surface area (Å²) in [4.78, 5) is 2.31. The number of rotatable bonds is 6. The molecule has 0 fully saturated rings. The van der Waals surface area contributed by atoms with Gasteiger partial charge < -0.3 is 9.73 Å². The highest BCUT2D eigenvalue weighted by molar-refractivity contribution is 5.27. The van der Waals surface area contributed by atoms with Crippen LogP contribution in [0.2, 0.25) is 0 Å². The van der Waals surface area contributed by atoms with Gasteiger partial charge in [0.1, 0.15) is 5.76 Å².